The summed E-state index contributed by atoms with van der Waals surface area (Å²) in [7, 11) is 0. The van der Waals surface area contributed by atoms with Crippen molar-refractivity contribution in [3.05, 3.63) is 33.6 Å². The normalized spacial score (nSPS) is 14.4. The topological polar surface area (TPSA) is 52.0 Å². The van der Waals surface area contributed by atoms with E-state index < -0.39 is 0 Å². The zero-order chi connectivity index (χ0) is 11.3. The molecule has 0 fully saturated rings. The van der Waals surface area contributed by atoms with Crippen LogP contribution in [0.1, 0.15) is 4.79 Å². The molecule has 1 aromatic carbocycles. The van der Waals surface area contributed by atoms with Gasteiger partial charge in [-0.05, 0) is 18.2 Å². The Kier molecular flexibility index (Phi) is 2.05. The van der Waals surface area contributed by atoms with Crippen molar-refractivity contribution in [1.29, 1.82) is 0 Å². The van der Waals surface area contributed by atoms with Crippen LogP contribution >= 0.6 is 23.4 Å². The van der Waals surface area contributed by atoms with E-state index in [-0.39, 0.29) is 17.2 Å². The van der Waals surface area contributed by atoms with E-state index >= 15 is 0 Å². The molecule has 0 saturated carbocycles. The van der Waals surface area contributed by atoms with Gasteiger partial charge in [-0.15, -0.1) is 0 Å². The molecule has 2 heterocycles. The van der Waals surface area contributed by atoms with Gasteiger partial charge in [0, 0.05) is 5.02 Å². The summed E-state index contributed by atoms with van der Waals surface area (Å²) in [4.78, 5) is 27.7. The van der Waals surface area contributed by atoms with Crippen LogP contribution in [0.25, 0.3) is 10.9 Å². The van der Waals surface area contributed by atoms with Gasteiger partial charge in [0.15, 0.2) is 5.16 Å². The minimum absolute atomic E-state index is 0.214. The van der Waals surface area contributed by atoms with E-state index in [1.54, 1.807) is 18.2 Å². The maximum atomic E-state index is 12.0. The molecule has 0 radical (unpaired) electrons. The maximum Gasteiger partial charge on any atom is 0.268 e. The number of nitrogens with zero attached hydrogens (tertiary/aromatic N) is 2. The number of benzene rings is 1. The molecule has 0 saturated heterocycles. The SMILES string of the molecule is O=C1CSc2nc3cc(Cl)ccc3c(=O)n21. The summed E-state index contributed by atoms with van der Waals surface area (Å²) in [6, 6.07) is 4.84. The molecule has 0 bridgehead atoms. The highest BCUT2D eigenvalue weighted by Gasteiger charge is 2.23. The molecule has 16 heavy (non-hydrogen) atoms. The zero-order valence-electron chi connectivity index (χ0n) is 7.94. The lowest BCUT2D eigenvalue weighted by atomic mass is 10.2. The van der Waals surface area contributed by atoms with E-state index in [9.17, 15) is 9.59 Å². The van der Waals surface area contributed by atoms with E-state index in [0.29, 0.717) is 21.1 Å². The predicted molar refractivity (Wildman–Crippen MR) is 62.4 cm³/mol. The third-order valence-corrected chi connectivity index (χ3v) is 3.53. The third kappa shape index (κ3) is 1.28. The molecule has 2 aromatic rings. The molecule has 0 spiro atoms. The lowest BCUT2D eigenvalue weighted by Gasteiger charge is -2.02. The Morgan fingerprint density at radius 2 is 2.19 bits per heavy atom. The summed E-state index contributed by atoms with van der Waals surface area (Å²) >= 11 is 7.10. The second kappa shape index (κ2) is 3.33. The van der Waals surface area contributed by atoms with Crippen LogP contribution in [0.5, 0.6) is 0 Å². The van der Waals surface area contributed by atoms with Gasteiger partial charge in [-0.25, -0.2) is 9.55 Å². The molecule has 1 aromatic heterocycles. The van der Waals surface area contributed by atoms with Crippen molar-refractivity contribution in [2.75, 3.05) is 5.75 Å². The van der Waals surface area contributed by atoms with Gasteiger partial charge in [0.2, 0.25) is 5.91 Å². The predicted octanol–water partition coefficient (Wildman–Crippen LogP) is 1.80. The second-order valence-corrected chi connectivity index (χ2v) is 4.76. The van der Waals surface area contributed by atoms with Crippen LogP contribution in [0.2, 0.25) is 5.02 Å². The van der Waals surface area contributed by atoms with E-state index in [2.05, 4.69) is 4.98 Å². The summed E-state index contributed by atoms with van der Waals surface area (Å²) in [5.74, 6) is 0.0566. The van der Waals surface area contributed by atoms with Crippen LogP contribution in [0.3, 0.4) is 0 Å². The fourth-order valence-electron chi connectivity index (χ4n) is 1.65. The number of carbonyl (C=O) groups excluding carboxylic acids is 1. The number of rotatable bonds is 0. The Morgan fingerprint density at radius 1 is 1.38 bits per heavy atom. The monoisotopic (exact) mass is 252 g/mol. The average molecular weight is 253 g/mol. The second-order valence-electron chi connectivity index (χ2n) is 3.38. The number of carbonyl (C=O) groups is 1. The quantitative estimate of drug-likeness (QED) is 0.671. The summed E-state index contributed by atoms with van der Waals surface area (Å²) in [5, 5.41) is 1.40. The highest BCUT2D eigenvalue weighted by atomic mass is 35.5. The number of aromatic nitrogens is 2. The van der Waals surface area contributed by atoms with Crippen LogP contribution in [0.4, 0.5) is 0 Å². The molecule has 0 atom stereocenters. The number of thioether (sulfide) groups is 1. The van der Waals surface area contributed by atoms with Crippen molar-refractivity contribution in [3.8, 4) is 0 Å². The summed E-state index contributed by atoms with van der Waals surface area (Å²) in [6.45, 7) is 0. The molecule has 80 valence electrons. The molecular weight excluding hydrogens is 248 g/mol. The van der Waals surface area contributed by atoms with Crippen molar-refractivity contribution in [2.45, 2.75) is 5.16 Å². The molecule has 0 amide bonds. The zero-order valence-corrected chi connectivity index (χ0v) is 9.51. The van der Waals surface area contributed by atoms with Gasteiger partial charge >= 0.3 is 0 Å². The summed E-state index contributed by atoms with van der Waals surface area (Å²) < 4.78 is 1.13. The van der Waals surface area contributed by atoms with Gasteiger partial charge in [0.25, 0.3) is 5.56 Å². The first-order valence-corrected chi connectivity index (χ1v) is 5.91. The van der Waals surface area contributed by atoms with Crippen LogP contribution in [-0.4, -0.2) is 21.2 Å². The van der Waals surface area contributed by atoms with Gasteiger partial charge in [-0.2, -0.15) is 0 Å². The van der Waals surface area contributed by atoms with Crippen LogP contribution in [0.15, 0.2) is 28.2 Å². The van der Waals surface area contributed by atoms with Crippen molar-refractivity contribution in [2.24, 2.45) is 0 Å². The molecule has 1 aliphatic rings. The highest BCUT2D eigenvalue weighted by molar-refractivity contribution is 8.00. The maximum absolute atomic E-state index is 12.0. The molecule has 1 aliphatic heterocycles. The molecule has 0 unspecified atom stereocenters. The fraction of sp³-hybridized carbons (Fsp3) is 0.100. The number of fused-ring (bicyclic) bond motifs is 2. The first-order chi connectivity index (χ1) is 7.66. The minimum atomic E-state index is -0.313. The summed E-state index contributed by atoms with van der Waals surface area (Å²) in [6.07, 6.45) is 0. The van der Waals surface area contributed by atoms with Crippen LogP contribution in [-0.2, 0) is 0 Å². The standard InChI is InChI=1S/C10H5ClN2O2S/c11-5-1-2-6-7(3-5)12-10-13(9(6)15)8(14)4-16-10/h1-3H,4H2. The number of hydrogen-bond donors (Lipinski definition) is 0. The van der Waals surface area contributed by atoms with E-state index in [4.69, 9.17) is 11.6 Å². The summed E-state index contributed by atoms with van der Waals surface area (Å²) in [5.41, 5.74) is 0.220. The largest absolute Gasteiger partial charge is 0.273 e. The Morgan fingerprint density at radius 3 is 3.00 bits per heavy atom. The number of halogens is 1. The van der Waals surface area contributed by atoms with Gasteiger partial charge in [-0.1, -0.05) is 23.4 Å². The Hall–Kier alpha value is -1.33. The van der Waals surface area contributed by atoms with Crippen molar-refractivity contribution in [3.63, 3.8) is 0 Å². The van der Waals surface area contributed by atoms with Gasteiger partial charge in [0.05, 0.1) is 16.7 Å². The van der Waals surface area contributed by atoms with Crippen molar-refractivity contribution < 1.29 is 4.79 Å². The van der Waals surface area contributed by atoms with Gasteiger partial charge in [-0.3, -0.25) is 9.59 Å². The minimum Gasteiger partial charge on any atom is -0.273 e. The van der Waals surface area contributed by atoms with Gasteiger partial charge < -0.3 is 0 Å². The van der Waals surface area contributed by atoms with E-state index in [0.717, 1.165) is 4.57 Å². The fourth-order valence-corrected chi connectivity index (χ4v) is 2.67. The molecule has 0 N–H and O–H groups in total. The Labute approximate surface area is 99.2 Å². The average Bonchev–Trinajstić information content (AvgIpc) is 2.60. The lowest BCUT2D eigenvalue weighted by molar-refractivity contribution is 0.0934. The van der Waals surface area contributed by atoms with Gasteiger partial charge in [0.1, 0.15) is 0 Å². The van der Waals surface area contributed by atoms with E-state index in [1.807, 2.05) is 0 Å². The number of hydrogen-bond acceptors (Lipinski definition) is 4. The van der Waals surface area contributed by atoms with Crippen LogP contribution < -0.4 is 5.56 Å². The molecule has 4 nitrogen and oxygen atoms in total. The smallest absolute Gasteiger partial charge is 0.268 e. The van der Waals surface area contributed by atoms with Crippen molar-refractivity contribution >= 4 is 40.2 Å². The molecule has 3 rings (SSSR count). The molecular formula is C10H5ClN2O2S. The van der Waals surface area contributed by atoms with E-state index in [1.165, 1.54) is 11.8 Å². The third-order valence-electron chi connectivity index (χ3n) is 2.37. The first-order valence-electron chi connectivity index (χ1n) is 4.55. The highest BCUT2D eigenvalue weighted by Crippen LogP contribution is 2.24. The first kappa shape index (κ1) is 9.86. The Balaban J connectivity index is 2.48. The molecule has 0 aliphatic carbocycles. The Bertz CT molecular complexity index is 680. The van der Waals surface area contributed by atoms with Crippen LogP contribution in [0, 0.1) is 0 Å². The van der Waals surface area contributed by atoms with Crippen molar-refractivity contribution in [1.82, 2.24) is 9.55 Å². The molecule has 6 heteroatoms. The lowest BCUT2D eigenvalue weighted by Crippen LogP contribution is -2.25.